The monoisotopic (exact) mass is 842 g/mol. The second-order valence-corrected chi connectivity index (χ2v) is 16.2. The number of aromatic nitrogens is 1. The van der Waals surface area contributed by atoms with Crippen molar-refractivity contribution in [3.05, 3.63) is 83.6 Å². The van der Waals surface area contributed by atoms with Gasteiger partial charge in [-0.15, -0.1) is 0 Å². The van der Waals surface area contributed by atoms with Crippen LogP contribution in [0.5, 0.6) is 5.75 Å². The quantitative estimate of drug-likeness (QED) is 0.124. The number of halogens is 3. The number of unbranched alkanes of at least 4 members (excludes halogenated alkanes) is 1. The fraction of sp³-hybridized carbons (Fsp3) is 0.395. The summed E-state index contributed by atoms with van der Waals surface area (Å²) in [5.74, 6) is -0.324. The average molecular weight is 843 g/mol. The molecule has 4 heterocycles. The van der Waals surface area contributed by atoms with Gasteiger partial charge in [0.25, 0.3) is 11.8 Å². The number of hydrogen-bond acceptors (Lipinski definition) is 8. The van der Waals surface area contributed by atoms with Crippen LogP contribution in [0, 0.1) is 11.3 Å². The number of ether oxygens (including phenoxy) is 1. The highest BCUT2D eigenvalue weighted by atomic mass is 32.1. The molecule has 3 saturated heterocycles. The SMILES string of the molecule is CC(C)n1ccc2c(N3CCC(=O)NC3=O)cc(C(=O)N3CCN(CCCCOc4ccc(N5C(=S)N(c6ccc(C#N)c(C(F)(F)F)c6)C(=O)C5(C)C)cc4)CC3)cc21. The van der Waals surface area contributed by atoms with Gasteiger partial charge >= 0.3 is 12.2 Å². The first-order chi connectivity index (χ1) is 28.5. The zero-order valence-corrected chi connectivity index (χ0v) is 34.5. The first-order valence-corrected chi connectivity index (χ1v) is 20.2. The molecule has 0 unspecified atom stereocenters. The molecule has 314 valence electrons. The van der Waals surface area contributed by atoms with Crippen LogP contribution in [0.1, 0.15) is 74.5 Å². The Balaban J connectivity index is 0.905. The molecule has 13 nitrogen and oxygen atoms in total. The van der Waals surface area contributed by atoms with Gasteiger partial charge in [-0.25, -0.2) is 4.79 Å². The number of benzene rings is 3. The predicted octanol–water partition coefficient (Wildman–Crippen LogP) is 7.09. The third-order valence-corrected chi connectivity index (χ3v) is 11.6. The summed E-state index contributed by atoms with van der Waals surface area (Å²) in [5.41, 5.74) is -0.458. The molecule has 0 aliphatic carbocycles. The Bertz CT molecular complexity index is 2400. The maximum atomic E-state index is 13.9. The maximum absolute atomic E-state index is 13.9. The van der Waals surface area contributed by atoms with Crippen molar-refractivity contribution in [3.8, 4) is 11.8 Å². The van der Waals surface area contributed by atoms with Gasteiger partial charge in [-0.2, -0.15) is 18.4 Å². The largest absolute Gasteiger partial charge is 0.494 e. The van der Waals surface area contributed by atoms with E-state index in [-0.39, 0.29) is 41.6 Å². The average Bonchev–Trinajstić information content (AvgIpc) is 3.72. The number of amides is 5. The summed E-state index contributed by atoms with van der Waals surface area (Å²) in [4.78, 5) is 60.5. The lowest BCUT2D eigenvalue weighted by molar-refractivity contribution is -0.137. The van der Waals surface area contributed by atoms with Gasteiger partial charge in [0.05, 0.1) is 40.7 Å². The molecule has 0 saturated carbocycles. The van der Waals surface area contributed by atoms with E-state index in [4.69, 9.17) is 17.0 Å². The molecule has 3 fully saturated rings. The number of urea groups is 1. The van der Waals surface area contributed by atoms with Crippen LogP contribution in [-0.4, -0.2) is 94.6 Å². The predicted molar refractivity (Wildman–Crippen MR) is 224 cm³/mol. The summed E-state index contributed by atoms with van der Waals surface area (Å²) >= 11 is 5.64. The van der Waals surface area contributed by atoms with Gasteiger partial charge in [-0.1, -0.05) is 0 Å². The Morgan fingerprint density at radius 1 is 0.950 bits per heavy atom. The number of piperazine rings is 1. The highest BCUT2D eigenvalue weighted by Gasteiger charge is 2.50. The Labute approximate surface area is 350 Å². The van der Waals surface area contributed by atoms with Crippen molar-refractivity contribution in [2.24, 2.45) is 0 Å². The topological polar surface area (TPSA) is 134 Å². The fourth-order valence-electron chi connectivity index (χ4n) is 7.97. The lowest BCUT2D eigenvalue weighted by Gasteiger charge is -2.35. The highest BCUT2D eigenvalue weighted by molar-refractivity contribution is 7.81. The molecule has 0 atom stereocenters. The molecule has 7 rings (SSSR count). The van der Waals surface area contributed by atoms with E-state index in [0.717, 1.165) is 47.3 Å². The van der Waals surface area contributed by atoms with Gasteiger partial charge < -0.3 is 19.1 Å². The molecular formula is C43H45F3N8O5S. The van der Waals surface area contributed by atoms with Crippen molar-refractivity contribution >= 4 is 69.0 Å². The van der Waals surface area contributed by atoms with Crippen molar-refractivity contribution in [2.45, 2.75) is 64.7 Å². The summed E-state index contributed by atoms with van der Waals surface area (Å²) in [7, 11) is 0. The molecule has 3 aliphatic heterocycles. The standard InChI is InChI=1S/C43H45F3N8O5S/c1-27(2)51-16-13-33-35(51)23-29(24-36(33)52-17-14-37(55)48-40(52)58)38(56)50-20-18-49(19-21-50)15-5-6-22-59-32-11-9-30(10-12-32)54-41(60)53(39(57)42(54,3)4)31-8-7-28(26-47)34(25-31)43(44,45)46/h7-13,16,23-25,27H,5-6,14-15,17-22H2,1-4H3,(H,48,55,58). The number of carbonyl (C=O) groups is 4. The van der Waals surface area contributed by atoms with E-state index in [1.165, 1.54) is 11.0 Å². The molecule has 4 aromatic rings. The van der Waals surface area contributed by atoms with Crippen LogP contribution in [0.2, 0.25) is 0 Å². The van der Waals surface area contributed by atoms with Crippen molar-refractivity contribution in [1.29, 1.82) is 5.26 Å². The Hall–Kier alpha value is -5.99. The molecule has 3 aliphatic rings. The molecular weight excluding hydrogens is 798 g/mol. The van der Waals surface area contributed by atoms with E-state index < -0.39 is 34.8 Å². The second kappa shape index (κ2) is 16.6. The van der Waals surface area contributed by atoms with Crippen LogP contribution < -0.4 is 24.8 Å². The van der Waals surface area contributed by atoms with E-state index in [1.807, 2.05) is 23.2 Å². The van der Waals surface area contributed by atoms with Crippen molar-refractivity contribution in [2.75, 3.05) is 60.6 Å². The lowest BCUT2D eigenvalue weighted by Crippen LogP contribution is -2.50. The van der Waals surface area contributed by atoms with Crippen LogP contribution in [0.15, 0.2) is 66.9 Å². The Kier molecular flexibility index (Phi) is 11.6. The van der Waals surface area contributed by atoms with E-state index in [2.05, 4.69) is 28.6 Å². The van der Waals surface area contributed by atoms with Gasteiger partial charge in [0.15, 0.2) is 5.11 Å². The maximum Gasteiger partial charge on any atom is 0.417 e. The van der Waals surface area contributed by atoms with Gasteiger partial charge in [-0.3, -0.25) is 34.4 Å². The first kappa shape index (κ1) is 42.1. The van der Waals surface area contributed by atoms with E-state index in [9.17, 15) is 37.6 Å². The number of nitrogens with zero attached hydrogens (tertiary/aromatic N) is 7. The summed E-state index contributed by atoms with van der Waals surface area (Å²) in [6.45, 7) is 11.5. The minimum absolute atomic E-state index is 0.0116. The Morgan fingerprint density at radius 2 is 1.65 bits per heavy atom. The summed E-state index contributed by atoms with van der Waals surface area (Å²) in [6, 6.07) is 16.9. The molecule has 3 aromatic carbocycles. The molecule has 0 radical (unpaired) electrons. The first-order valence-electron chi connectivity index (χ1n) is 19.8. The van der Waals surface area contributed by atoms with Crippen LogP contribution in [0.4, 0.5) is 35.0 Å². The number of carbonyl (C=O) groups excluding carboxylic acids is 4. The van der Waals surface area contributed by atoms with Crippen LogP contribution >= 0.6 is 12.2 Å². The number of rotatable bonds is 11. The van der Waals surface area contributed by atoms with Crippen LogP contribution in [-0.2, 0) is 15.8 Å². The summed E-state index contributed by atoms with van der Waals surface area (Å²) in [6.07, 6.45) is -0.999. The molecule has 1 aromatic heterocycles. The minimum Gasteiger partial charge on any atom is -0.494 e. The number of fused-ring (bicyclic) bond motifs is 1. The minimum atomic E-state index is -4.79. The summed E-state index contributed by atoms with van der Waals surface area (Å²) in [5, 5.41) is 12.4. The van der Waals surface area contributed by atoms with E-state index in [1.54, 1.807) is 55.1 Å². The highest BCUT2D eigenvalue weighted by Crippen LogP contribution is 2.40. The molecule has 17 heteroatoms. The van der Waals surface area contributed by atoms with Gasteiger partial charge in [-0.05, 0) is 120 Å². The van der Waals surface area contributed by atoms with Crippen molar-refractivity contribution in [3.63, 3.8) is 0 Å². The van der Waals surface area contributed by atoms with Gasteiger partial charge in [0.1, 0.15) is 11.3 Å². The molecule has 5 amide bonds. The Morgan fingerprint density at radius 3 is 2.30 bits per heavy atom. The summed E-state index contributed by atoms with van der Waals surface area (Å²) < 4.78 is 49.2. The number of nitriles is 1. The molecule has 1 N–H and O–H groups in total. The van der Waals surface area contributed by atoms with Gasteiger partial charge in [0.2, 0.25) is 5.91 Å². The zero-order valence-electron chi connectivity index (χ0n) is 33.7. The number of hydrogen-bond donors (Lipinski definition) is 1. The fourth-order valence-corrected chi connectivity index (χ4v) is 8.49. The smallest absolute Gasteiger partial charge is 0.417 e. The number of imide groups is 1. The number of nitrogens with one attached hydrogen (secondary N) is 1. The number of thiocarbonyl (C=S) groups is 1. The van der Waals surface area contributed by atoms with Gasteiger partial charge in [0, 0.05) is 68.0 Å². The number of alkyl halides is 3. The number of anilines is 3. The van der Waals surface area contributed by atoms with E-state index in [0.29, 0.717) is 55.5 Å². The van der Waals surface area contributed by atoms with Crippen LogP contribution in [0.3, 0.4) is 0 Å². The second-order valence-electron chi connectivity index (χ2n) is 15.8. The van der Waals surface area contributed by atoms with Crippen molar-refractivity contribution in [1.82, 2.24) is 19.7 Å². The molecule has 60 heavy (non-hydrogen) atoms. The lowest BCUT2D eigenvalue weighted by atomic mass is 10.0. The van der Waals surface area contributed by atoms with E-state index >= 15 is 0 Å². The third-order valence-electron chi connectivity index (χ3n) is 11.2. The normalized spacial score (nSPS) is 17.5. The molecule has 0 spiro atoms. The molecule has 0 bridgehead atoms. The third kappa shape index (κ3) is 8.13. The van der Waals surface area contributed by atoms with Crippen LogP contribution in [0.25, 0.3) is 10.9 Å². The van der Waals surface area contributed by atoms with Crippen molar-refractivity contribution < 1.29 is 37.1 Å². The zero-order chi connectivity index (χ0) is 43.1.